The summed E-state index contributed by atoms with van der Waals surface area (Å²) < 4.78 is 0. The number of hydrogen-bond acceptors (Lipinski definition) is 0. The fourth-order valence-electron chi connectivity index (χ4n) is 5.23. The van der Waals surface area contributed by atoms with Gasteiger partial charge < -0.3 is 0 Å². The van der Waals surface area contributed by atoms with E-state index in [4.69, 9.17) is 0 Å². The van der Waals surface area contributed by atoms with Crippen LogP contribution in [0.1, 0.15) is 57.1 Å². The highest BCUT2D eigenvalue weighted by Crippen LogP contribution is 2.66. The van der Waals surface area contributed by atoms with Crippen LogP contribution in [0, 0.1) is 13.8 Å². The number of aromatic nitrogens is 2. The highest BCUT2D eigenvalue weighted by molar-refractivity contribution is 5.47. The van der Waals surface area contributed by atoms with Crippen LogP contribution in [-0.4, -0.2) is 0 Å². The molecular formula is C28H28N2+2. The number of aromatic amines is 2. The Labute approximate surface area is 178 Å². The van der Waals surface area contributed by atoms with Gasteiger partial charge in [0.05, 0.1) is 0 Å². The van der Waals surface area contributed by atoms with E-state index < -0.39 is 0 Å². The smallest absolute Gasteiger partial charge is 0.167 e. The summed E-state index contributed by atoms with van der Waals surface area (Å²) >= 11 is 0. The van der Waals surface area contributed by atoms with Crippen LogP contribution in [0.15, 0.2) is 97.6 Å². The van der Waals surface area contributed by atoms with Crippen molar-refractivity contribution in [3.05, 3.63) is 131 Å². The molecule has 4 atom stereocenters. The predicted octanol–water partition coefficient (Wildman–Crippen LogP) is 5.38. The van der Waals surface area contributed by atoms with Crippen LogP contribution in [0.4, 0.5) is 0 Å². The first-order valence-electron chi connectivity index (χ1n) is 10.8. The summed E-state index contributed by atoms with van der Waals surface area (Å²) in [6.45, 7) is 4.32. The van der Waals surface area contributed by atoms with Crippen LogP contribution in [-0.2, 0) is 0 Å². The molecule has 5 rings (SSSR count). The minimum atomic E-state index is 0.441. The average Bonchev–Trinajstić information content (AvgIpc) is 2.77. The molecule has 1 aliphatic carbocycles. The number of pyridine rings is 2. The number of hydrogen-bond donors (Lipinski definition) is 0. The van der Waals surface area contributed by atoms with Gasteiger partial charge in [-0.25, -0.2) is 9.97 Å². The maximum Gasteiger partial charge on any atom is 0.167 e. The molecule has 0 bridgehead atoms. The predicted molar refractivity (Wildman–Crippen MR) is 119 cm³/mol. The summed E-state index contributed by atoms with van der Waals surface area (Å²) in [4.78, 5) is 6.39. The minimum absolute atomic E-state index is 0.441. The van der Waals surface area contributed by atoms with Crippen molar-refractivity contribution in [1.29, 1.82) is 0 Å². The number of benzene rings is 2. The molecule has 2 N–H and O–H groups in total. The molecule has 0 amide bonds. The van der Waals surface area contributed by atoms with Crippen LogP contribution in [0.2, 0.25) is 0 Å². The summed E-state index contributed by atoms with van der Waals surface area (Å²) in [7, 11) is 0. The molecule has 30 heavy (non-hydrogen) atoms. The molecule has 1 fully saturated rings. The minimum Gasteiger partial charge on any atom is -0.218 e. The van der Waals surface area contributed by atoms with E-state index in [2.05, 4.69) is 121 Å². The number of aryl methyl sites for hydroxylation is 2. The molecule has 2 heterocycles. The molecule has 4 aromatic rings. The van der Waals surface area contributed by atoms with E-state index in [0.29, 0.717) is 23.7 Å². The Balaban J connectivity index is 1.67. The van der Waals surface area contributed by atoms with Crippen LogP contribution in [0.5, 0.6) is 0 Å². The second-order valence-electron chi connectivity index (χ2n) is 8.59. The lowest BCUT2D eigenvalue weighted by molar-refractivity contribution is -0.378. The van der Waals surface area contributed by atoms with Gasteiger partial charge in [0.2, 0.25) is 0 Å². The van der Waals surface area contributed by atoms with Crippen molar-refractivity contribution in [2.45, 2.75) is 37.5 Å². The monoisotopic (exact) mass is 392 g/mol. The molecule has 0 aliphatic heterocycles. The number of H-pyrrole nitrogens is 2. The summed E-state index contributed by atoms with van der Waals surface area (Å²) in [6, 6.07) is 27.3. The quantitative estimate of drug-likeness (QED) is 0.446. The van der Waals surface area contributed by atoms with E-state index in [1.807, 2.05) is 0 Å². The summed E-state index contributed by atoms with van der Waals surface area (Å²) in [5.74, 6) is 1.78. The van der Waals surface area contributed by atoms with Gasteiger partial charge in [-0.2, -0.15) is 0 Å². The Bertz CT molecular complexity index is 1010. The second-order valence-corrected chi connectivity index (χ2v) is 8.59. The third-order valence-electron chi connectivity index (χ3n) is 6.73. The Morgan fingerprint density at radius 3 is 0.967 bits per heavy atom. The highest BCUT2D eigenvalue weighted by Gasteiger charge is 2.52. The standard InChI is InChI=1S/C28H26N2/c1-19-3-7-21(8-4-19)25-26(22-9-5-20(2)6-10-22)28(24-13-17-30-18-14-24)27(25)23-11-15-29-16-12-23/h3-18,25-28H,1-2H3/p+2/t25-,26-,27+,28+/m1/s1. The Kier molecular flexibility index (Phi) is 4.92. The Hall–Kier alpha value is -3.26. The normalized spacial score (nSPS) is 23.0. The SMILES string of the molecule is Cc1ccc([C@H]2[C@H](c3cc[nH+]cc3)[C@@H](c3cc[nH+]cc3)[C@@H]2c2ccc(C)cc2)cc1. The van der Waals surface area contributed by atoms with Crippen molar-refractivity contribution in [2.24, 2.45) is 0 Å². The van der Waals surface area contributed by atoms with Gasteiger partial charge in [0.1, 0.15) is 0 Å². The van der Waals surface area contributed by atoms with Gasteiger partial charge >= 0.3 is 0 Å². The van der Waals surface area contributed by atoms with Gasteiger partial charge in [-0.3, -0.25) is 0 Å². The first kappa shape index (κ1) is 18.7. The maximum absolute atomic E-state index is 3.20. The van der Waals surface area contributed by atoms with Gasteiger partial charge in [0.15, 0.2) is 24.8 Å². The topological polar surface area (TPSA) is 28.3 Å². The zero-order chi connectivity index (χ0) is 20.5. The molecule has 1 aliphatic rings. The van der Waals surface area contributed by atoms with Crippen molar-refractivity contribution < 1.29 is 9.97 Å². The fourth-order valence-corrected chi connectivity index (χ4v) is 5.23. The van der Waals surface area contributed by atoms with Gasteiger partial charge in [0, 0.05) is 24.3 Å². The average molecular weight is 393 g/mol. The summed E-state index contributed by atoms with van der Waals surface area (Å²) in [5.41, 5.74) is 8.29. The van der Waals surface area contributed by atoms with Crippen molar-refractivity contribution in [3.8, 4) is 0 Å². The van der Waals surface area contributed by atoms with Gasteiger partial charge in [-0.05, 0) is 59.8 Å². The van der Waals surface area contributed by atoms with Crippen molar-refractivity contribution >= 4 is 0 Å². The van der Waals surface area contributed by atoms with Crippen LogP contribution in [0.25, 0.3) is 0 Å². The molecule has 0 spiro atoms. The van der Waals surface area contributed by atoms with E-state index in [9.17, 15) is 0 Å². The lowest BCUT2D eigenvalue weighted by atomic mass is 9.49. The zero-order valence-electron chi connectivity index (χ0n) is 17.5. The molecule has 2 nitrogen and oxygen atoms in total. The van der Waals surface area contributed by atoms with Crippen LogP contribution < -0.4 is 9.97 Å². The molecular weight excluding hydrogens is 364 g/mol. The summed E-state index contributed by atoms with van der Waals surface area (Å²) in [6.07, 6.45) is 8.21. The maximum atomic E-state index is 3.20. The van der Waals surface area contributed by atoms with Gasteiger partial charge in [-0.1, -0.05) is 59.7 Å². The third-order valence-corrected chi connectivity index (χ3v) is 6.73. The Morgan fingerprint density at radius 2 is 0.667 bits per heavy atom. The third kappa shape index (κ3) is 3.33. The van der Waals surface area contributed by atoms with E-state index in [1.54, 1.807) is 0 Å². The van der Waals surface area contributed by atoms with Crippen molar-refractivity contribution in [3.63, 3.8) is 0 Å². The van der Waals surface area contributed by atoms with Gasteiger partial charge in [0.25, 0.3) is 0 Å². The number of rotatable bonds is 4. The fraction of sp³-hybridized carbons (Fsp3) is 0.214. The van der Waals surface area contributed by atoms with Crippen molar-refractivity contribution in [2.75, 3.05) is 0 Å². The molecule has 0 unspecified atom stereocenters. The molecule has 2 heteroatoms. The lowest BCUT2D eigenvalue weighted by Gasteiger charge is -2.53. The summed E-state index contributed by atoms with van der Waals surface area (Å²) in [5, 5.41) is 0. The van der Waals surface area contributed by atoms with E-state index in [-0.39, 0.29) is 0 Å². The van der Waals surface area contributed by atoms with Crippen LogP contribution >= 0.6 is 0 Å². The Morgan fingerprint density at radius 1 is 0.400 bits per heavy atom. The number of nitrogens with one attached hydrogen (secondary N) is 2. The zero-order valence-corrected chi connectivity index (χ0v) is 17.5. The van der Waals surface area contributed by atoms with Crippen LogP contribution in [0.3, 0.4) is 0 Å². The molecule has 0 saturated heterocycles. The molecule has 0 radical (unpaired) electrons. The first-order valence-corrected chi connectivity index (χ1v) is 10.8. The lowest BCUT2D eigenvalue weighted by Crippen LogP contribution is -2.40. The molecule has 148 valence electrons. The largest absolute Gasteiger partial charge is 0.218 e. The van der Waals surface area contributed by atoms with Gasteiger partial charge in [-0.15, -0.1) is 0 Å². The van der Waals surface area contributed by atoms with Crippen molar-refractivity contribution in [1.82, 2.24) is 0 Å². The van der Waals surface area contributed by atoms with E-state index in [1.165, 1.54) is 33.4 Å². The molecule has 2 aromatic heterocycles. The highest BCUT2D eigenvalue weighted by atomic mass is 14.6. The van der Waals surface area contributed by atoms with E-state index in [0.717, 1.165) is 0 Å². The first-order chi connectivity index (χ1) is 14.7. The second kappa shape index (κ2) is 7.87. The van der Waals surface area contributed by atoms with E-state index >= 15 is 0 Å². The molecule has 1 saturated carbocycles. The molecule has 2 aromatic carbocycles.